The number of benzene rings is 1. The van der Waals surface area contributed by atoms with Crippen molar-refractivity contribution in [2.45, 2.75) is 0 Å². The number of aromatic hydroxyl groups is 1. The molecule has 110 valence electrons. The maximum atomic E-state index is 11.9. The minimum atomic E-state index is -0.394. The third kappa shape index (κ3) is 3.21. The van der Waals surface area contributed by atoms with Gasteiger partial charge in [0.05, 0.1) is 16.8 Å². The highest BCUT2D eigenvalue weighted by molar-refractivity contribution is 7.13. The Bertz CT molecular complexity index is 791. The Labute approximate surface area is 130 Å². The summed E-state index contributed by atoms with van der Waals surface area (Å²) in [5.41, 5.74) is 4.24. The van der Waals surface area contributed by atoms with Gasteiger partial charge in [0.1, 0.15) is 5.75 Å². The van der Waals surface area contributed by atoms with Crippen LogP contribution in [0.4, 0.5) is 0 Å². The summed E-state index contributed by atoms with van der Waals surface area (Å²) in [6.45, 7) is 0. The zero-order valence-corrected chi connectivity index (χ0v) is 12.2. The average molecular weight is 312 g/mol. The van der Waals surface area contributed by atoms with Crippen LogP contribution in [-0.4, -0.2) is 27.4 Å². The molecule has 0 atom stereocenters. The predicted molar refractivity (Wildman–Crippen MR) is 85.1 cm³/mol. The molecule has 0 aliphatic carbocycles. The summed E-state index contributed by atoms with van der Waals surface area (Å²) >= 11 is 1.56. The van der Waals surface area contributed by atoms with Gasteiger partial charge in [0, 0.05) is 0 Å². The van der Waals surface area contributed by atoms with E-state index in [1.165, 1.54) is 6.21 Å². The summed E-state index contributed by atoms with van der Waals surface area (Å²) in [7, 11) is 0. The standard InChI is InChI=1S/C15H12N4O2S/c20-11-5-3-10(4-6-11)9-16-19-15(21)13-8-12(17-18-13)14-2-1-7-22-14/h1-9,20H,(H,17,18)(H,19,21). The number of aromatic nitrogens is 2. The maximum absolute atomic E-state index is 11.9. The first-order valence-electron chi connectivity index (χ1n) is 6.44. The van der Waals surface area contributed by atoms with E-state index in [2.05, 4.69) is 20.7 Å². The number of nitrogens with one attached hydrogen (secondary N) is 2. The van der Waals surface area contributed by atoms with Gasteiger partial charge in [-0.1, -0.05) is 6.07 Å². The highest BCUT2D eigenvalue weighted by Crippen LogP contribution is 2.22. The first-order chi connectivity index (χ1) is 10.7. The van der Waals surface area contributed by atoms with Crippen molar-refractivity contribution in [2.24, 2.45) is 5.10 Å². The highest BCUT2D eigenvalue weighted by Gasteiger charge is 2.10. The van der Waals surface area contributed by atoms with Crippen LogP contribution >= 0.6 is 11.3 Å². The van der Waals surface area contributed by atoms with Crippen molar-refractivity contribution in [3.63, 3.8) is 0 Å². The van der Waals surface area contributed by atoms with Crippen LogP contribution in [-0.2, 0) is 0 Å². The lowest BCUT2D eigenvalue weighted by molar-refractivity contribution is 0.0950. The fourth-order valence-electron chi connectivity index (χ4n) is 1.78. The Morgan fingerprint density at radius 3 is 2.86 bits per heavy atom. The number of H-pyrrole nitrogens is 1. The Kier molecular flexibility index (Phi) is 3.97. The molecule has 7 heteroatoms. The summed E-state index contributed by atoms with van der Waals surface area (Å²) < 4.78 is 0. The van der Waals surface area contributed by atoms with Crippen LogP contribution in [0.3, 0.4) is 0 Å². The molecular weight excluding hydrogens is 300 g/mol. The quantitative estimate of drug-likeness (QED) is 0.511. The second kappa shape index (κ2) is 6.23. The lowest BCUT2D eigenvalue weighted by atomic mass is 10.2. The summed E-state index contributed by atoms with van der Waals surface area (Å²) in [4.78, 5) is 12.9. The van der Waals surface area contributed by atoms with Gasteiger partial charge in [-0.2, -0.15) is 10.2 Å². The molecule has 6 nitrogen and oxygen atoms in total. The Hall–Kier alpha value is -2.93. The molecule has 0 bridgehead atoms. The summed E-state index contributed by atoms with van der Waals surface area (Å²) in [5.74, 6) is -0.215. The number of thiophene rings is 1. The molecule has 3 N–H and O–H groups in total. The van der Waals surface area contributed by atoms with Crippen molar-refractivity contribution in [3.05, 3.63) is 59.1 Å². The molecule has 1 aromatic carbocycles. The normalized spacial score (nSPS) is 10.9. The number of rotatable bonds is 4. The SMILES string of the molecule is O=C(NN=Cc1ccc(O)cc1)c1cc(-c2cccs2)[nH]n1. The van der Waals surface area contributed by atoms with E-state index in [1.54, 1.807) is 41.7 Å². The van der Waals surface area contributed by atoms with Crippen LogP contribution in [0, 0.1) is 0 Å². The van der Waals surface area contributed by atoms with Crippen LogP contribution in [0.25, 0.3) is 10.6 Å². The largest absolute Gasteiger partial charge is 0.508 e. The summed E-state index contributed by atoms with van der Waals surface area (Å²) in [6.07, 6.45) is 1.49. The molecule has 0 radical (unpaired) electrons. The lowest BCUT2D eigenvalue weighted by Gasteiger charge is -1.95. The van der Waals surface area contributed by atoms with Gasteiger partial charge in [0.25, 0.3) is 5.91 Å². The number of hydrogen-bond donors (Lipinski definition) is 3. The average Bonchev–Trinajstić information content (AvgIpc) is 3.20. The minimum absolute atomic E-state index is 0.179. The van der Waals surface area contributed by atoms with Gasteiger partial charge in [0.15, 0.2) is 5.69 Å². The lowest BCUT2D eigenvalue weighted by Crippen LogP contribution is -2.17. The van der Waals surface area contributed by atoms with E-state index in [0.29, 0.717) is 0 Å². The van der Waals surface area contributed by atoms with Gasteiger partial charge in [-0.25, -0.2) is 5.43 Å². The molecule has 0 aliphatic rings. The summed E-state index contributed by atoms with van der Waals surface area (Å²) in [6, 6.07) is 12.0. The molecule has 0 fully saturated rings. The van der Waals surface area contributed by atoms with Crippen LogP contribution in [0.5, 0.6) is 5.75 Å². The van der Waals surface area contributed by atoms with Gasteiger partial charge < -0.3 is 5.11 Å². The molecule has 0 unspecified atom stereocenters. The van der Waals surface area contributed by atoms with Crippen molar-refractivity contribution < 1.29 is 9.90 Å². The number of hydrogen-bond acceptors (Lipinski definition) is 5. The fraction of sp³-hybridized carbons (Fsp3) is 0. The monoisotopic (exact) mass is 312 g/mol. The number of nitrogens with zero attached hydrogens (tertiary/aromatic N) is 2. The molecule has 22 heavy (non-hydrogen) atoms. The van der Waals surface area contributed by atoms with Crippen LogP contribution in [0.2, 0.25) is 0 Å². The number of hydrazone groups is 1. The van der Waals surface area contributed by atoms with Crippen LogP contribution in [0.1, 0.15) is 16.1 Å². The first-order valence-corrected chi connectivity index (χ1v) is 7.32. The Balaban J connectivity index is 1.63. The topological polar surface area (TPSA) is 90.4 Å². The van der Waals surface area contributed by atoms with E-state index >= 15 is 0 Å². The smallest absolute Gasteiger partial charge is 0.291 e. The molecule has 0 saturated carbocycles. The molecule has 2 heterocycles. The molecule has 0 spiro atoms. The number of amides is 1. The predicted octanol–water partition coefficient (Wildman–Crippen LogP) is 2.61. The molecule has 0 aliphatic heterocycles. The first kappa shape index (κ1) is 14.0. The van der Waals surface area contributed by atoms with Gasteiger partial charge >= 0.3 is 0 Å². The van der Waals surface area contributed by atoms with Crippen molar-refractivity contribution in [1.29, 1.82) is 0 Å². The van der Waals surface area contributed by atoms with Crippen LogP contribution < -0.4 is 5.43 Å². The third-order valence-corrected chi connectivity index (χ3v) is 3.77. The van der Waals surface area contributed by atoms with E-state index in [0.717, 1.165) is 16.1 Å². The van der Waals surface area contributed by atoms with Gasteiger partial charge in [-0.05, 0) is 47.3 Å². The number of carbonyl (C=O) groups is 1. The fourth-order valence-corrected chi connectivity index (χ4v) is 2.47. The second-order valence-corrected chi connectivity index (χ2v) is 5.38. The maximum Gasteiger partial charge on any atom is 0.291 e. The Morgan fingerprint density at radius 1 is 1.32 bits per heavy atom. The molecule has 1 amide bonds. The second-order valence-electron chi connectivity index (χ2n) is 4.43. The molecule has 3 aromatic rings. The van der Waals surface area contributed by atoms with Crippen molar-refractivity contribution in [3.8, 4) is 16.3 Å². The van der Waals surface area contributed by atoms with E-state index < -0.39 is 5.91 Å². The number of phenolic OH excluding ortho intramolecular Hbond substituents is 1. The van der Waals surface area contributed by atoms with E-state index in [-0.39, 0.29) is 11.4 Å². The Morgan fingerprint density at radius 2 is 2.14 bits per heavy atom. The third-order valence-electron chi connectivity index (χ3n) is 2.87. The van der Waals surface area contributed by atoms with Gasteiger partial charge in [-0.3, -0.25) is 9.89 Å². The number of carbonyl (C=O) groups excluding carboxylic acids is 1. The molecule has 2 aromatic heterocycles. The van der Waals surface area contributed by atoms with E-state index in [4.69, 9.17) is 0 Å². The zero-order valence-electron chi connectivity index (χ0n) is 11.4. The number of aromatic amines is 1. The van der Waals surface area contributed by atoms with Crippen molar-refractivity contribution >= 4 is 23.5 Å². The zero-order chi connectivity index (χ0) is 15.4. The molecule has 3 rings (SSSR count). The van der Waals surface area contributed by atoms with E-state index in [1.807, 2.05) is 17.5 Å². The molecular formula is C15H12N4O2S. The van der Waals surface area contributed by atoms with Crippen molar-refractivity contribution in [1.82, 2.24) is 15.6 Å². The minimum Gasteiger partial charge on any atom is -0.508 e. The highest BCUT2D eigenvalue weighted by atomic mass is 32.1. The summed E-state index contributed by atoms with van der Waals surface area (Å²) in [5, 5.41) is 21.8. The molecule has 0 saturated heterocycles. The number of phenols is 1. The van der Waals surface area contributed by atoms with E-state index in [9.17, 15) is 9.90 Å². The van der Waals surface area contributed by atoms with Crippen molar-refractivity contribution in [2.75, 3.05) is 0 Å². The van der Waals surface area contributed by atoms with Gasteiger partial charge in [0.2, 0.25) is 0 Å². The van der Waals surface area contributed by atoms with Gasteiger partial charge in [-0.15, -0.1) is 11.3 Å². The van der Waals surface area contributed by atoms with Crippen LogP contribution in [0.15, 0.2) is 52.9 Å².